The minimum absolute atomic E-state index is 0.114. The SMILES string of the molecule is Fc1ccc(N[C@H](c2nnc(-c3cccc(F)c3)o2)c2ccc(F)cc2Cl)cc1. The van der Waals surface area contributed by atoms with Gasteiger partial charge < -0.3 is 9.73 Å². The fourth-order valence-corrected chi connectivity index (χ4v) is 3.09. The summed E-state index contributed by atoms with van der Waals surface area (Å²) in [5.74, 6) is -1.08. The predicted octanol–water partition coefficient (Wildman–Crippen LogP) is 6.01. The van der Waals surface area contributed by atoms with Crippen LogP contribution in [-0.4, -0.2) is 10.2 Å². The van der Waals surface area contributed by atoms with Crippen LogP contribution in [0.1, 0.15) is 17.5 Å². The summed E-state index contributed by atoms with van der Waals surface area (Å²) in [5.41, 5.74) is 1.45. The molecule has 0 fully saturated rings. The van der Waals surface area contributed by atoms with Crippen LogP contribution in [0.15, 0.2) is 71.1 Å². The number of aromatic nitrogens is 2. The fourth-order valence-electron chi connectivity index (χ4n) is 2.81. The average molecular weight is 416 g/mol. The Bertz CT molecular complexity index is 1150. The van der Waals surface area contributed by atoms with Gasteiger partial charge in [0.05, 0.1) is 0 Å². The van der Waals surface area contributed by atoms with Crippen LogP contribution >= 0.6 is 11.6 Å². The Morgan fingerprint density at radius 3 is 2.28 bits per heavy atom. The van der Waals surface area contributed by atoms with Crippen molar-refractivity contribution in [3.63, 3.8) is 0 Å². The summed E-state index contributed by atoms with van der Waals surface area (Å²) in [6, 6.07) is 14.5. The summed E-state index contributed by atoms with van der Waals surface area (Å²) in [5, 5.41) is 11.3. The molecule has 4 rings (SSSR count). The molecule has 0 saturated carbocycles. The zero-order chi connectivity index (χ0) is 20.4. The van der Waals surface area contributed by atoms with E-state index in [-0.39, 0.29) is 16.8 Å². The van der Waals surface area contributed by atoms with Crippen LogP contribution in [0, 0.1) is 17.5 Å². The van der Waals surface area contributed by atoms with E-state index in [0.29, 0.717) is 16.8 Å². The van der Waals surface area contributed by atoms with Crippen molar-refractivity contribution < 1.29 is 17.6 Å². The zero-order valence-corrected chi connectivity index (χ0v) is 15.5. The van der Waals surface area contributed by atoms with E-state index in [1.807, 2.05) is 0 Å². The molecule has 8 heteroatoms. The third-order valence-corrected chi connectivity index (χ3v) is 4.52. The second kappa shape index (κ2) is 7.97. The van der Waals surface area contributed by atoms with Gasteiger partial charge in [0, 0.05) is 21.8 Å². The zero-order valence-electron chi connectivity index (χ0n) is 14.7. The predicted molar refractivity (Wildman–Crippen MR) is 103 cm³/mol. The minimum Gasteiger partial charge on any atom is -0.418 e. The lowest BCUT2D eigenvalue weighted by Gasteiger charge is -2.18. The molecule has 3 aromatic carbocycles. The second-order valence-electron chi connectivity index (χ2n) is 6.21. The van der Waals surface area contributed by atoms with Gasteiger partial charge in [-0.15, -0.1) is 10.2 Å². The number of benzene rings is 3. The highest BCUT2D eigenvalue weighted by Crippen LogP contribution is 2.33. The first-order valence-electron chi connectivity index (χ1n) is 8.56. The number of anilines is 1. The van der Waals surface area contributed by atoms with Crippen molar-refractivity contribution in [2.24, 2.45) is 0 Å². The molecule has 0 unspecified atom stereocenters. The molecule has 29 heavy (non-hydrogen) atoms. The molecule has 1 atom stereocenters. The van der Waals surface area contributed by atoms with E-state index in [4.69, 9.17) is 16.0 Å². The summed E-state index contributed by atoms with van der Waals surface area (Å²) in [4.78, 5) is 0. The summed E-state index contributed by atoms with van der Waals surface area (Å²) >= 11 is 6.23. The summed E-state index contributed by atoms with van der Waals surface area (Å²) in [6.07, 6.45) is 0. The highest BCUT2D eigenvalue weighted by atomic mass is 35.5. The number of rotatable bonds is 5. The van der Waals surface area contributed by atoms with E-state index < -0.39 is 23.5 Å². The van der Waals surface area contributed by atoms with E-state index in [9.17, 15) is 13.2 Å². The van der Waals surface area contributed by atoms with Gasteiger partial charge in [-0.05, 0) is 54.6 Å². The van der Waals surface area contributed by atoms with Crippen LogP contribution in [0.4, 0.5) is 18.9 Å². The number of hydrogen-bond donors (Lipinski definition) is 1. The molecule has 0 bridgehead atoms. The first kappa shape index (κ1) is 19.0. The largest absolute Gasteiger partial charge is 0.418 e. The van der Waals surface area contributed by atoms with E-state index in [1.165, 1.54) is 60.7 Å². The van der Waals surface area contributed by atoms with Gasteiger partial charge in [0.25, 0.3) is 0 Å². The van der Waals surface area contributed by atoms with E-state index in [0.717, 1.165) is 0 Å². The van der Waals surface area contributed by atoms with Crippen molar-refractivity contribution >= 4 is 17.3 Å². The van der Waals surface area contributed by atoms with Crippen LogP contribution in [-0.2, 0) is 0 Å². The van der Waals surface area contributed by atoms with Crippen LogP contribution < -0.4 is 5.32 Å². The molecule has 0 spiro atoms. The topological polar surface area (TPSA) is 51.0 Å². The Morgan fingerprint density at radius 1 is 0.828 bits per heavy atom. The molecule has 1 N–H and O–H groups in total. The average Bonchev–Trinajstić information content (AvgIpc) is 3.18. The highest BCUT2D eigenvalue weighted by Gasteiger charge is 2.24. The number of hydrogen-bond acceptors (Lipinski definition) is 4. The quantitative estimate of drug-likeness (QED) is 0.433. The summed E-state index contributed by atoms with van der Waals surface area (Å²) in [7, 11) is 0. The van der Waals surface area contributed by atoms with Crippen LogP contribution in [0.25, 0.3) is 11.5 Å². The smallest absolute Gasteiger partial charge is 0.247 e. The monoisotopic (exact) mass is 415 g/mol. The molecule has 0 aliphatic rings. The molecule has 1 heterocycles. The number of halogens is 4. The first-order chi connectivity index (χ1) is 14.0. The third-order valence-electron chi connectivity index (χ3n) is 4.19. The maximum Gasteiger partial charge on any atom is 0.247 e. The molecule has 0 aliphatic heterocycles. The van der Waals surface area contributed by atoms with Gasteiger partial charge in [-0.3, -0.25) is 0 Å². The Morgan fingerprint density at radius 2 is 1.55 bits per heavy atom. The van der Waals surface area contributed by atoms with Gasteiger partial charge in [0.2, 0.25) is 11.8 Å². The van der Waals surface area contributed by atoms with Gasteiger partial charge in [-0.25, -0.2) is 13.2 Å². The molecule has 146 valence electrons. The lowest BCUT2D eigenvalue weighted by Crippen LogP contribution is -2.13. The van der Waals surface area contributed by atoms with Gasteiger partial charge in [-0.1, -0.05) is 23.7 Å². The normalized spacial score (nSPS) is 12.0. The fraction of sp³-hybridized carbons (Fsp3) is 0.0476. The molecule has 0 amide bonds. The Hall–Kier alpha value is -3.32. The van der Waals surface area contributed by atoms with Crippen LogP contribution in [0.5, 0.6) is 0 Å². The van der Waals surface area contributed by atoms with Crippen molar-refractivity contribution in [1.82, 2.24) is 10.2 Å². The maximum atomic E-state index is 13.5. The van der Waals surface area contributed by atoms with Crippen molar-refractivity contribution in [3.05, 3.63) is 101 Å². The van der Waals surface area contributed by atoms with Crippen molar-refractivity contribution in [2.75, 3.05) is 5.32 Å². The molecule has 0 radical (unpaired) electrons. The van der Waals surface area contributed by atoms with Crippen LogP contribution in [0.3, 0.4) is 0 Å². The number of nitrogens with one attached hydrogen (secondary N) is 1. The Labute approximate surface area is 169 Å². The standard InChI is InChI=1S/C21H13ClF3N3O/c22-18-11-15(25)6-9-17(18)19(26-16-7-4-13(23)5-8-16)21-28-27-20(29-21)12-2-1-3-14(24)10-12/h1-11,19,26H/t19-/m0/s1. The van der Waals surface area contributed by atoms with Gasteiger partial charge in [0.15, 0.2) is 0 Å². The van der Waals surface area contributed by atoms with Gasteiger partial charge >= 0.3 is 0 Å². The lowest BCUT2D eigenvalue weighted by atomic mass is 10.1. The van der Waals surface area contributed by atoms with Crippen molar-refractivity contribution in [2.45, 2.75) is 6.04 Å². The first-order valence-corrected chi connectivity index (χ1v) is 8.94. The third kappa shape index (κ3) is 4.25. The second-order valence-corrected chi connectivity index (χ2v) is 6.61. The summed E-state index contributed by atoms with van der Waals surface area (Å²) < 4.78 is 46.0. The Balaban J connectivity index is 1.74. The maximum absolute atomic E-state index is 13.5. The lowest BCUT2D eigenvalue weighted by molar-refractivity contribution is 0.493. The minimum atomic E-state index is -0.747. The molecule has 4 nitrogen and oxygen atoms in total. The van der Waals surface area contributed by atoms with Crippen molar-refractivity contribution in [1.29, 1.82) is 0 Å². The van der Waals surface area contributed by atoms with E-state index >= 15 is 0 Å². The van der Waals surface area contributed by atoms with E-state index in [2.05, 4.69) is 15.5 Å². The molecule has 4 aromatic rings. The molecular formula is C21H13ClF3N3O. The summed E-state index contributed by atoms with van der Waals surface area (Å²) in [6.45, 7) is 0. The molecule has 0 aliphatic carbocycles. The Kier molecular flexibility index (Phi) is 5.22. The van der Waals surface area contributed by atoms with Gasteiger partial charge in [0.1, 0.15) is 23.5 Å². The van der Waals surface area contributed by atoms with E-state index in [1.54, 1.807) is 6.07 Å². The van der Waals surface area contributed by atoms with Gasteiger partial charge in [-0.2, -0.15) is 0 Å². The number of nitrogens with zero attached hydrogens (tertiary/aromatic N) is 2. The molecular weight excluding hydrogens is 403 g/mol. The highest BCUT2D eigenvalue weighted by molar-refractivity contribution is 6.31. The van der Waals surface area contributed by atoms with Crippen molar-refractivity contribution in [3.8, 4) is 11.5 Å². The van der Waals surface area contributed by atoms with Crippen LogP contribution in [0.2, 0.25) is 5.02 Å². The molecule has 1 aromatic heterocycles. The molecule has 0 saturated heterocycles.